The molecular formula is C76H54N2. The van der Waals surface area contributed by atoms with Crippen molar-refractivity contribution in [1.82, 2.24) is 0 Å². The van der Waals surface area contributed by atoms with Crippen LogP contribution in [0.25, 0.3) is 91.7 Å². The van der Waals surface area contributed by atoms with Gasteiger partial charge in [0.1, 0.15) is 0 Å². The highest BCUT2D eigenvalue weighted by atomic mass is 15.1. The largest absolute Gasteiger partial charge is 0.310 e. The Balaban J connectivity index is 0.926. The molecule has 0 aromatic heterocycles. The van der Waals surface area contributed by atoms with Crippen molar-refractivity contribution >= 4 is 126 Å². The van der Waals surface area contributed by atoms with E-state index < -0.39 is 0 Å². The van der Waals surface area contributed by atoms with Crippen LogP contribution in [-0.2, 0) is 0 Å². The quantitative estimate of drug-likeness (QED) is 0.0609. The van der Waals surface area contributed by atoms with Crippen molar-refractivity contribution < 1.29 is 0 Å². The highest BCUT2D eigenvalue weighted by Gasteiger charge is 2.23. The van der Waals surface area contributed by atoms with Crippen molar-refractivity contribution in [1.29, 1.82) is 0 Å². The third-order valence-corrected chi connectivity index (χ3v) is 14.8. The van der Waals surface area contributed by atoms with Gasteiger partial charge in [-0.1, -0.05) is 267 Å². The minimum Gasteiger partial charge on any atom is -0.310 e. The van der Waals surface area contributed by atoms with Gasteiger partial charge in [0.2, 0.25) is 0 Å². The van der Waals surface area contributed by atoms with E-state index in [-0.39, 0.29) is 0 Å². The van der Waals surface area contributed by atoms with E-state index in [4.69, 9.17) is 0 Å². The Morgan fingerprint density at radius 3 is 0.641 bits per heavy atom. The minimum absolute atomic E-state index is 1.09. The van der Waals surface area contributed by atoms with Crippen LogP contribution < -0.4 is 9.80 Å². The van der Waals surface area contributed by atoms with Gasteiger partial charge in [-0.15, -0.1) is 0 Å². The van der Waals surface area contributed by atoms with Gasteiger partial charge in [0.25, 0.3) is 0 Å². The molecule has 78 heavy (non-hydrogen) atoms. The Morgan fingerprint density at radius 2 is 0.385 bits per heavy atom. The van der Waals surface area contributed by atoms with E-state index in [1.54, 1.807) is 0 Å². The third kappa shape index (κ3) is 9.79. The topological polar surface area (TPSA) is 6.48 Å². The molecule has 0 radical (unpaired) electrons. The molecule has 2 nitrogen and oxygen atoms in total. The van der Waals surface area contributed by atoms with Gasteiger partial charge >= 0.3 is 0 Å². The minimum atomic E-state index is 1.09. The first-order chi connectivity index (χ1) is 38.7. The van der Waals surface area contributed by atoms with Crippen LogP contribution in [0.4, 0.5) is 34.1 Å². The molecule has 0 aliphatic carbocycles. The average Bonchev–Trinajstić information content (AvgIpc) is 3.69. The zero-order chi connectivity index (χ0) is 52.0. The molecular weight excluding hydrogens is 941 g/mol. The van der Waals surface area contributed by atoms with Crippen LogP contribution in [-0.4, -0.2) is 0 Å². The molecule has 0 atom stereocenters. The summed E-state index contributed by atoms with van der Waals surface area (Å²) in [5.41, 5.74) is 15.9. The monoisotopic (exact) mass is 994 g/mol. The van der Waals surface area contributed by atoms with E-state index in [0.717, 1.165) is 56.4 Å². The molecule has 13 aromatic rings. The molecule has 13 aromatic carbocycles. The zero-order valence-electron chi connectivity index (χ0n) is 43.1. The van der Waals surface area contributed by atoms with E-state index in [2.05, 4.69) is 337 Å². The van der Waals surface area contributed by atoms with E-state index >= 15 is 0 Å². The molecule has 2 heteroatoms. The molecule has 0 spiro atoms. The lowest BCUT2D eigenvalue weighted by Crippen LogP contribution is -2.11. The Kier molecular flexibility index (Phi) is 13.1. The first-order valence-electron chi connectivity index (χ1n) is 26.7. The third-order valence-electron chi connectivity index (χ3n) is 14.8. The fourth-order valence-electron chi connectivity index (χ4n) is 10.9. The van der Waals surface area contributed by atoms with Gasteiger partial charge in [-0.2, -0.15) is 0 Å². The second kappa shape index (κ2) is 21.5. The number of hydrogen-bond acceptors (Lipinski definition) is 2. The summed E-state index contributed by atoms with van der Waals surface area (Å²) in [6.45, 7) is 0. The SMILES string of the molecule is C(=Cc1ccc(N(c2ccc(C=Cc3ccccc3)cc2)c2ccc3c4cccc5c(N(c6ccc(C=Cc7ccccc7)cc6)c6ccc(C=Cc7ccccc7)cc6)ccc(c6cccc2c63)c54)cc1)c1ccccc1. The number of fused-ring (bicyclic) bond motifs is 2. The maximum absolute atomic E-state index is 2.42. The summed E-state index contributed by atoms with van der Waals surface area (Å²) in [4.78, 5) is 4.83. The smallest absolute Gasteiger partial charge is 0.0540 e. The summed E-state index contributed by atoms with van der Waals surface area (Å²) in [6.07, 6.45) is 17.4. The van der Waals surface area contributed by atoms with Gasteiger partial charge in [0.15, 0.2) is 0 Å². The van der Waals surface area contributed by atoms with Crippen LogP contribution in [0, 0.1) is 0 Å². The molecule has 0 heterocycles. The summed E-state index contributed by atoms with van der Waals surface area (Å²) in [5, 5.41) is 9.84. The second-order valence-corrected chi connectivity index (χ2v) is 19.7. The van der Waals surface area contributed by atoms with Gasteiger partial charge in [0.05, 0.1) is 11.4 Å². The Morgan fingerprint density at radius 1 is 0.167 bits per heavy atom. The highest BCUT2D eigenvalue weighted by molar-refractivity contribution is 6.35. The predicted molar refractivity (Wildman–Crippen MR) is 338 cm³/mol. The van der Waals surface area contributed by atoms with Crippen molar-refractivity contribution in [3.05, 3.63) is 324 Å². The summed E-state index contributed by atoms with van der Waals surface area (Å²) in [7, 11) is 0. The van der Waals surface area contributed by atoms with Crippen molar-refractivity contribution in [2.24, 2.45) is 0 Å². The first kappa shape index (κ1) is 47.4. The Bertz CT molecular complexity index is 3800. The van der Waals surface area contributed by atoms with Gasteiger partial charge in [0, 0.05) is 33.5 Å². The zero-order valence-corrected chi connectivity index (χ0v) is 43.1. The van der Waals surface area contributed by atoms with E-state index in [1.807, 2.05) is 0 Å². The van der Waals surface area contributed by atoms with Crippen LogP contribution in [0.3, 0.4) is 0 Å². The second-order valence-electron chi connectivity index (χ2n) is 19.7. The standard InChI is InChI=1S/C76H54N2/c1-5-15-55(16-6-1)27-31-59-35-43-63(44-36-59)77(64-45-37-60(38-46-64)32-28-56-17-7-2-8-18-56)73-53-51-69-68-24-14-26-72-74(54-52-70(76(68)72)67-23-13-25-71(73)75(67)69)78(65-47-39-61(40-48-65)33-29-57-19-9-3-10-20-57)66-49-41-62(42-50-66)34-30-58-21-11-4-12-22-58/h1-54H. The normalized spacial score (nSPS) is 11.9. The van der Waals surface area contributed by atoms with Gasteiger partial charge in [-0.05, 0) is 137 Å². The van der Waals surface area contributed by atoms with Crippen LogP contribution in [0.2, 0.25) is 0 Å². The summed E-state index contributed by atoms with van der Waals surface area (Å²) >= 11 is 0. The summed E-state index contributed by atoms with van der Waals surface area (Å²) in [5.74, 6) is 0. The fraction of sp³-hybridized carbons (Fsp3) is 0. The molecule has 0 saturated carbocycles. The maximum Gasteiger partial charge on any atom is 0.0540 e. The molecule has 368 valence electrons. The van der Waals surface area contributed by atoms with Crippen LogP contribution in [0.1, 0.15) is 44.5 Å². The number of nitrogens with zero attached hydrogens (tertiary/aromatic N) is 2. The number of benzene rings is 13. The van der Waals surface area contributed by atoms with Crippen LogP contribution in [0.5, 0.6) is 0 Å². The molecule has 0 saturated heterocycles. The summed E-state index contributed by atoms with van der Waals surface area (Å²) in [6, 6.07) is 101. The maximum atomic E-state index is 2.42. The van der Waals surface area contributed by atoms with E-state index in [1.165, 1.54) is 65.3 Å². The van der Waals surface area contributed by atoms with Crippen molar-refractivity contribution in [3.63, 3.8) is 0 Å². The molecule has 13 rings (SSSR count). The molecule has 0 aliphatic heterocycles. The lowest BCUT2D eigenvalue weighted by atomic mass is 9.88. The lowest BCUT2D eigenvalue weighted by Gasteiger charge is -2.29. The first-order valence-corrected chi connectivity index (χ1v) is 26.7. The van der Waals surface area contributed by atoms with E-state index in [0.29, 0.717) is 0 Å². The molecule has 0 aliphatic rings. The van der Waals surface area contributed by atoms with Gasteiger partial charge in [-0.25, -0.2) is 0 Å². The van der Waals surface area contributed by atoms with Crippen LogP contribution in [0.15, 0.2) is 279 Å². The molecule has 0 fully saturated rings. The highest BCUT2D eigenvalue weighted by Crippen LogP contribution is 2.49. The summed E-state index contributed by atoms with van der Waals surface area (Å²) < 4.78 is 0. The van der Waals surface area contributed by atoms with E-state index in [9.17, 15) is 0 Å². The molecule has 0 bridgehead atoms. The Labute approximate surface area is 456 Å². The average molecular weight is 995 g/mol. The molecule has 0 unspecified atom stereocenters. The van der Waals surface area contributed by atoms with Crippen molar-refractivity contribution in [3.8, 4) is 0 Å². The predicted octanol–water partition coefficient (Wildman–Crippen LogP) is 21.4. The van der Waals surface area contributed by atoms with Crippen LogP contribution >= 0.6 is 0 Å². The van der Waals surface area contributed by atoms with Crippen molar-refractivity contribution in [2.45, 2.75) is 0 Å². The number of hydrogen-bond donors (Lipinski definition) is 0. The van der Waals surface area contributed by atoms with Gasteiger partial charge < -0.3 is 9.80 Å². The van der Waals surface area contributed by atoms with Crippen molar-refractivity contribution in [2.75, 3.05) is 9.80 Å². The van der Waals surface area contributed by atoms with Gasteiger partial charge in [-0.3, -0.25) is 0 Å². The Hall–Kier alpha value is -10.3. The number of rotatable bonds is 14. The molecule has 0 N–H and O–H groups in total. The molecule has 0 amide bonds. The lowest BCUT2D eigenvalue weighted by molar-refractivity contribution is 1.29. The fourth-order valence-corrected chi connectivity index (χ4v) is 10.9. The number of anilines is 6.